The van der Waals surface area contributed by atoms with Crippen LogP contribution >= 0.6 is 11.6 Å². The topological polar surface area (TPSA) is 49.3 Å². The first-order chi connectivity index (χ1) is 14.8. The number of allylic oxidation sites excluding steroid dienone is 2. The summed E-state index contributed by atoms with van der Waals surface area (Å²) in [5, 5.41) is -0.563. The summed E-state index contributed by atoms with van der Waals surface area (Å²) in [6, 6.07) is 5.18. The molecule has 0 aliphatic carbocycles. The van der Waals surface area contributed by atoms with Gasteiger partial charge in [-0.15, -0.1) is 0 Å². The van der Waals surface area contributed by atoms with Gasteiger partial charge in [-0.3, -0.25) is 4.79 Å². The molecule has 2 aliphatic rings. The Balaban J connectivity index is 1.63. The van der Waals surface area contributed by atoms with Gasteiger partial charge in [-0.1, -0.05) is 29.3 Å². The van der Waals surface area contributed by atoms with Gasteiger partial charge in [0, 0.05) is 31.2 Å². The van der Waals surface area contributed by atoms with Gasteiger partial charge >= 0.3 is 6.18 Å². The maximum absolute atomic E-state index is 13.2. The molecular weight excluding hydrogens is 429 g/mol. The summed E-state index contributed by atoms with van der Waals surface area (Å²) in [5.41, 5.74) is 1.80. The summed E-state index contributed by atoms with van der Waals surface area (Å²) >= 11 is 5.99. The van der Waals surface area contributed by atoms with Gasteiger partial charge in [-0.25, -0.2) is 9.97 Å². The van der Waals surface area contributed by atoms with Crippen molar-refractivity contribution >= 4 is 23.2 Å². The van der Waals surface area contributed by atoms with Crippen LogP contribution in [0.25, 0.3) is 5.70 Å². The summed E-state index contributed by atoms with van der Waals surface area (Å²) in [6.45, 7) is 3.11. The zero-order valence-corrected chi connectivity index (χ0v) is 17.5. The Bertz CT molecular complexity index is 1070. The van der Waals surface area contributed by atoms with Crippen molar-refractivity contribution in [1.29, 1.82) is 0 Å². The molecular formula is C22H20ClF3N4O. The van der Waals surface area contributed by atoms with E-state index in [2.05, 4.69) is 20.9 Å². The number of aromatic nitrogens is 2. The largest absolute Gasteiger partial charge is 0.417 e. The number of amides is 1. The lowest BCUT2D eigenvalue weighted by molar-refractivity contribution is -0.137. The first-order valence-electron chi connectivity index (χ1n) is 9.86. The van der Waals surface area contributed by atoms with Crippen LogP contribution in [0.3, 0.4) is 0 Å². The van der Waals surface area contributed by atoms with E-state index in [1.165, 1.54) is 12.1 Å². The predicted octanol–water partition coefficient (Wildman–Crippen LogP) is 5.02. The van der Waals surface area contributed by atoms with Gasteiger partial charge in [0.1, 0.15) is 0 Å². The van der Waals surface area contributed by atoms with Crippen LogP contribution in [0.4, 0.5) is 13.2 Å². The number of fused-ring (bicyclic) bond motifs is 1. The third kappa shape index (κ3) is 4.17. The maximum atomic E-state index is 13.2. The number of nitrogens with zero attached hydrogens (tertiary/aromatic N) is 4. The SMILES string of the molecule is CC1=C2CN(C(=O)c3cccc(C(F)(F)F)c3Cl)CCN2C(c2ncccn2)=CCC1. The molecule has 4 rings (SSSR count). The van der Waals surface area contributed by atoms with Gasteiger partial charge in [-0.05, 0) is 38.0 Å². The second-order valence-electron chi connectivity index (χ2n) is 7.47. The first kappa shape index (κ1) is 21.4. The normalized spacial score (nSPS) is 17.3. The van der Waals surface area contributed by atoms with Gasteiger partial charge < -0.3 is 9.80 Å². The van der Waals surface area contributed by atoms with E-state index in [-0.39, 0.29) is 12.1 Å². The lowest BCUT2D eigenvalue weighted by atomic mass is 10.1. The molecule has 0 spiro atoms. The molecule has 0 saturated carbocycles. The molecule has 1 saturated heterocycles. The second-order valence-corrected chi connectivity index (χ2v) is 7.85. The van der Waals surface area contributed by atoms with Crippen LogP contribution in [-0.4, -0.2) is 45.3 Å². The summed E-state index contributed by atoms with van der Waals surface area (Å²) in [5.74, 6) is 0.0946. The quantitative estimate of drug-likeness (QED) is 0.647. The van der Waals surface area contributed by atoms with Crippen molar-refractivity contribution in [3.63, 3.8) is 0 Å². The number of alkyl halides is 3. The number of carbonyl (C=O) groups excluding carboxylic acids is 1. The molecule has 1 fully saturated rings. The van der Waals surface area contributed by atoms with E-state index in [0.29, 0.717) is 18.9 Å². The zero-order valence-electron chi connectivity index (χ0n) is 16.8. The smallest absolute Gasteiger partial charge is 0.339 e. The fourth-order valence-corrected chi connectivity index (χ4v) is 4.23. The highest BCUT2D eigenvalue weighted by Gasteiger charge is 2.36. The molecule has 0 radical (unpaired) electrons. The van der Waals surface area contributed by atoms with Gasteiger partial charge in [0.15, 0.2) is 5.82 Å². The molecule has 162 valence electrons. The Morgan fingerprint density at radius 3 is 2.58 bits per heavy atom. The van der Waals surface area contributed by atoms with Crippen LogP contribution in [0.5, 0.6) is 0 Å². The molecule has 3 heterocycles. The number of benzene rings is 1. The lowest BCUT2D eigenvalue weighted by Gasteiger charge is -2.39. The van der Waals surface area contributed by atoms with Crippen LogP contribution in [0.1, 0.15) is 41.5 Å². The average Bonchev–Trinajstić information content (AvgIpc) is 2.92. The molecule has 1 aromatic heterocycles. The maximum Gasteiger partial charge on any atom is 0.417 e. The van der Waals surface area contributed by atoms with E-state index >= 15 is 0 Å². The van der Waals surface area contributed by atoms with E-state index in [1.807, 2.05) is 6.92 Å². The predicted molar refractivity (Wildman–Crippen MR) is 111 cm³/mol. The Hall–Kier alpha value is -2.87. The van der Waals surface area contributed by atoms with Crippen LogP contribution in [0.2, 0.25) is 5.02 Å². The fourth-order valence-electron chi connectivity index (χ4n) is 3.92. The molecule has 5 nitrogen and oxygen atoms in total. The fraction of sp³-hybridized carbons (Fsp3) is 0.318. The average molecular weight is 449 g/mol. The molecule has 0 atom stereocenters. The van der Waals surface area contributed by atoms with E-state index in [9.17, 15) is 18.0 Å². The molecule has 0 bridgehead atoms. The highest BCUT2D eigenvalue weighted by Crippen LogP contribution is 2.37. The Labute approximate surface area is 182 Å². The van der Waals surface area contributed by atoms with Crippen molar-refractivity contribution in [1.82, 2.24) is 19.8 Å². The van der Waals surface area contributed by atoms with Gasteiger partial charge in [0.05, 0.1) is 28.4 Å². The molecule has 9 heteroatoms. The standard InChI is InChI=1S/C22H20ClF3N4O/c1-14-5-2-8-17(20-27-9-4-10-28-20)30-12-11-29(13-18(14)30)21(31)15-6-3-7-16(19(15)23)22(24,25)26/h3-4,6-10H,2,5,11-13H2,1H3. The van der Waals surface area contributed by atoms with Crippen molar-refractivity contribution in [2.45, 2.75) is 25.9 Å². The van der Waals surface area contributed by atoms with E-state index in [4.69, 9.17) is 11.6 Å². The summed E-state index contributed by atoms with van der Waals surface area (Å²) < 4.78 is 39.6. The molecule has 0 unspecified atom stereocenters. The van der Waals surface area contributed by atoms with Crippen molar-refractivity contribution in [3.05, 3.63) is 76.0 Å². The number of hydrogen-bond donors (Lipinski definition) is 0. The van der Waals surface area contributed by atoms with E-state index < -0.39 is 22.7 Å². The van der Waals surface area contributed by atoms with Crippen molar-refractivity contribution in [3.8, 4) is 0 Å². The Kier molecular flexibility index (Phi) is 5.75. The first-order valence-corrected chi connectivity index (χ1v) is 10.2. The summed E-state index contributed by atoms with van der Waals surface area (Å²) in [4.78, 5) is 25.5. The number of halogens is 4. The van der Waals surface area contributed by atoms with Crippen molar-refractivity contribution in [2.24, 2.45) is 0 Å². The summed E-state index contributed by atoms with van der Waals surface area (Å²) in [6.07, 6.45) is 2.45. The number of hydrogen-bond acceptors (Lipinski definition) is 4. The molecule has 2 aromatic rings. The minimum absolute atomic E-state index is 0.140. The van der Waals surface area contributed by atoms with Gasteiger partial charge in [-0.2, -0.15) is 13.2 Å². The molecule has 2 aliphatic heterocycles. The van der Waals surface area contributed by atoms with E-state index in [1.54, 1.807) is 23.4 Å². The third-order valence-electron chi connectivity index (χ3n) is 5.52. The Morgan fingerprint density at radius 2 is 1.87 bits per heavy atom. The third-order valence-corrected chi connectivity index (χ3v) is 5.92. The van der Waals surface area contributed by atoms with Crippen LogP contribution < -0.4 is 0 Å². The number of carbonyl (C=O) groups is 1. The molecule has 31 heavy (non-hydrogen) atoms. The summed E-state index contributed by atoms with van der Waals surface area (Å²) in [7, 11) is 0. The molecule has 0 N–H and O–H groups in total. The van der Waals surface area contributed by atoms with Crippen molar-refractivity contribution < 1.29 is 18.0 Å². The minimum Gasteiger partial charge on any atom is -0.339 e. The highest BCUT2D eigenvalue weighted by molar-refractivity contribution is 6.34. The number of piperazine rings is 1. The zero-order chi connectivity index (χ0) is 22.2. The van der Waals surface area contributed by atoms with Crippen molar-refractivity contribution in [2.75, 3.05) is 19.6 Å². The second kappa shape index (κ2) is 8.34. The van der Waals surface area contributed by atoms with Crippen LogP contribution in [0.15, 0.2) is 54.0 Å². The highest BCUT2D eigenvalue weighted by atomic mass is 35.5. The Morgan fingerprint density at radius 1 is 1.13 bits per heavy atom. The monoisotopic (exact) mass is 448 g/mol. The van der Waals surface area contributed by atoms with Crippen LogP contribution in [-0.2, 0) is 6.18 Å². The van der Waals surface area contributed by atoms with Gasteiger partial charge in [0.25, 0.3) is 5.91 Å². The van der Waals surface area contributed by atoms with Gasteiger partial charge in [0.2, 0.25) is 0 Å². The molecule has 1 aromatic carbocycles. The minimum atomic E-state index is -4.62. The van der Waals surface area contributed by atoms with Crippen LogP contribution in [0, 0.1) is 0 Å². The van der Waals surface area contributed by atoms with E-state index in [0.717, 1.165) is 35.9 Å². The lowest BCUT2D eigenvalue weighted by Crippen LogP contribution is -2.47. The number of rotatable bonds is 2. The molecule has 1 amide bonds.